The van der Waals surface area contributed by atoms with Crippen LogP contribution in [0.1, 0.15) is 35.0 Å². The van der Waals surface area contributed by atoms with Crippen LogP contribution in [0.4, 0.5) is 0 Å². The fourth-order valence-electron chi connectivity index (χ4n) is 4.00. The number of nitrogens with one attached hydrogen (secondary N) is 1. The molecular formula is C24H23N5O2S2. The minimum atomic E-state index is -0.166. The second-order valence-electron chi connectivity index (χ2n) is 7.83. The summed E-state index contributed by atoms with van der Waals surface area (Å²) in [6.45, 7) is 3.20. The van der Waals surface area contributed by atoms with E-state index in [2.05, 4.69) is 16.0 Å². The lowest BCUT2D eigenvalue weighted by atomic mass is 10.1. The predicted octanol–water partition coefficient (Wildman–Crippen LogP) is 4.25. The summed E-state index contributed by atoms with van der Waals surface area (Å²) in [6.07, 6.45) is 0.707. The Hall–Kier alpha value is -3.14. The molecule has 4 heterocycles. The Morgan fingerprint density at radius 3 is 2.73 bits per heavy atom. The number of para-hydroxylation sites is 1. The van der Waals surface area contributed by atoms with Gasteiger partial charge in [-0.05, 0) is 41.6 Å². The Labute approximate surface area is 199 Å². The monoisotopic (exact) mass is 477 g/mol. The van der Waals surface area contributed by atoms with Crippen LogP contribution >= 0.6 is 22.7 Å². The average molecular weight is 478 g/mol. The second kappa shape index (κ2) is 9.38. The van der Waals surface area contributed by atoms with Crippen molar-refractivity contribution in [1.82, 2.24) is 19.9 Å². The topological polar surface area (TPSA) is 81.7 Å². The lowest BCUT2D eigenvalue weighted by Crippen LogP contribution is -2.38. The zero-order valence-corrected chi connectivity index (χ0v) is 19.7. The molecule has 0 aliphatic carbocycles. The van der Waals surface area contributed by atoms with E-state index in [9.17, 15) is 9.59 Å². The third-order valence-electron chi connectivity index (χ3n) is 5.68. The van der Waals surface area contributed by atoms with E-state index in [-0.39, 0.29) is 24.1 Å². The van der Waals surface area contributed by atoms with Crippen LogP contribution in [0.25, 0.3) is 10.9 Å². The van der Waals surface area contributed by atoms with Crippen LogP contribution in [0.3, 0.4) is 0 Å². The van der Waals surface area contributed by atoms with Gasteiger partial charge in [0.05, 0.1) is 40.6 Å². The van der Waals surface area contributed by atoms with E-state index in [1.165, 1.54) is 0 Å². The number of aromatic amines is 1. The first-order valence-electron chi connectivity index (χ1n) is 10.8. The smallest absolute Gasteiger partial charge is 0.258 e. The van der Waals surface area contributed by atoms with Gasteiger partial charge in [-0.3, -0.25) is 14.5 Å². The van der Waals surface area contributed by atoms with Gasteiger partial charge in [0.2, 0.25) is 0 Å². The van der Waals surface area contributed by atoms with Gasteiger partial charge in [0.1, 0.15) is 5.82 Å². The highest BCUT2D eigenvalue weighted by atomic mass is 32.1. The Morgan fingerprint density at radius 1 is 1.15 bits per heavy atom. The van der Waals surface area contributed by atoms with Crippen LogP contribution in [-0.4, -0.2) is 44.6 Å². The van der Waals surface area contributed by atoms with Gasteiger partial charge in [0.25, 0.3) is 11.5 Å². The molecule has 0 spiro atoms. The van der Waals surface area contributed by atoms with Gasteiger partial charge >= 0.3 is 0 Å². The molecule has 3 aromatic heterocycles. The highest BCUT2D eigenvalue weighted by Gasteiger charge is 2.34. The van der Waals surface area contributed by atoms with Crippen LogP contribution in [-0.2, 0) is 11.3 Å². The normalized spacial score (nSPS) is 16.0. The third-order valence-corrected chi connectivity index (χ3v) is 7.58. The fraction of sp³-hybridized carbons (Fsp3) is 0.250. The SMILES string of the molecule is CCN(CC(=O)N1N=C(c2cccs2)C[C@H]1c1cccs1)Cc1nc2ccccc2c(=O)[nH]1. The summed E-state index contributed by atoms with van der Waals surface area (Å²) in [5, 5.41) is 11.0. The van der Waals surface area contributed by atoms with Crippen molar-refractivity contribution in [2.24, 2.45) is 5.10 Å². The van der Waals surface area contributed by atoms with E-state index in [0.29, 0.717) is 36.2 Å². The standard InChI is InChI=1S/C24H23N5O2S2/c1-2-28(14-22-25-17-8-4-3-7-16(17)24(31)26-22)15-23(30)29-19(21-10-6-12-33-21)13-18(27-29)20-9-5-11-32-20/h3-12,19H,2,13-15H2,1H3,(H,25,26,31)/t19-/m0/s1. The van der Waals surface area contributed by atoms with Gasteiger partial charge in [-0.2, -0.15) is 5.10 Å². The molecule has 1 aromatic carbocycles. The average Bonchev–Trinajstić information content (AvgIpc) is 3.59. The number of likely N-dealkylation sites (N-methyl/N-ethyl adjacent to an activating group) is 1. The summed E-state index contributed by atoms with van der Waals surface area (Å²) < 4.78 is 0. The first kappa shape index (κ1) is 21.7. The number of benzene rings is 1. The van der Waals surface area contributed by atoms with Crippen LogP contribution in [0, 0.1) is 0 Å². The number of aromatic nitrogens is 2. The van der Waals surface area contributed by atoms with Crippen molar-refractivity contribution in [3.05, 3.63) is 85.2 Å². The van der Waals surface area contributed by atoms with Gasteiger partial charge in [0.15, 0.2) is 0 Å². The van der Waals surface area contributed by atoms with Gasteiger partial charge in [-0.15, -0.1) is 22.7 Å². The highest BCUT2D eigenvalue weighted by molar-refractivity contribution is 7.12. The van der Waals surface area contributed by atoms with Crippen LogP contribution in [0.5, 0.6) is 0 Å². The molecule has 9 heteroatoms. The number of carbonyl (C=O) groups is 1. The number of rotatable bonds is 7. The number of H-pyrrole nitrogens is 1. The Kier molecular flexibility index (Phi) is 6.17. The summed E-state index contributed by atoms with van der Waals surface area (Å²) in [5.74, 6) is 0.484. The molecule has 1 N–H and O–H groups in total. The molecule has 0 bridgehead atoms. The van der Waals surface area contributed by atoms with E-state index < -0.39 is 0 Å². The quantitative estimate of drug-likeness (QED) is 0.432. The molecule has 1 aliphatic rings. The number of fused-ring (bicyclic) bond motifs is 1. The molecule has 0 unspecified atom stereocenters. The molecule has 4 aromatic rings. The van der Waals surface area contributed by atoms with Gasteiger partial charge < -0.3 is 4.98 Å². The van der Waals surface area contributed by atoms with Crippen molar-refractivity contribution in [2.45, 2.75) is 25.9 Å². The molecule has 168 valence electrons. The van der Waals surface area contributed by atoms with E-state index in [0.717, 1.165) is 15.5 Å². The van der Waals surface area contributed by atoms with E-state index >= 15 is 0 Å². The number of carbonyl (C=O) groups excluding carboxylic acids is 1. The van der Waals surface area contributed by atoms with Crippen molar-refractivity contribution in [2.75, 3.05) is 13.1 Å². The largest absolute Gasteiger partial charge is 0.309 e. The third kappa shape index (κ3) is 4.52. The number of amides is 1. The molecule has 1 aliphatic heterocycles. The van der Waals surface area contributed by atoms with Gasteiger partial charge in [-0.1, -0.05) is 31.2 Å². The summed E-state index contributed by atoms with van der Waals surface area (Å²) >= 11 is 3.28. The lowest BCUT2D eigenvalue weighted by Gasteiger charge is -2.25. The number of hydrogen-bond donors (Lipinski definition) is 1. The summed E-state index contributed by atoms with van der Waals surface area (Å²) in [4.78, 5) is 37.5. The zero-order valence-electron chi connectivity index (χ0n) is 18.1. The van der Waals surface area contributed by atoms with Gasteiger partial charge in [0, 0.05) is 11.3 Å². The van der Waals surface area contributed by atoms with E-state index in [1.54, 1.807) is 33.7 Å². The minimum absolute atomic E-state index is 0.0649. The Balaban J connectivity index is 1.36. The molecule has 1 atom stereocenters. The summed E-state index contributed by atoms with van der Waals surface area (Å²) in [5.41, 5.74) is 1.43. The number of hydrazone groups is 1. The number of nitrogens with zero attached hydrogens (tertiary/aromatic N) is 4. The summed E-state index contributed by atoms with van der Waals surface area (Å²) in [7, 11) is 0. The molecule has 0 saturated heterocycles. The Morgan fingerprint density at radius 2 is 1.97 bits per heavy atom. The highest BCUT2D eigenvalue weighted by Crippen LogP contribution is 2.36. The Bertz CT molecular complexity index is 1340. The van der Waals surface area contributed by atoms with E-state index in [4.69, 9.17) is 5.10 Å². The first-order chi connectivity index (χ1) is 16.1. The molecule has 5 rings (SSSR count). The maximum atomic E-state index is 13.4. The van der Waals surface area contributed by atoms with Crippen LogP contribution in [0.2, 0.25) is 0 Å². The van der Waals surface area contributed by atoms with Gasteiger partial charge in [-0.25, -0.2) is 9.99 Å². The number of thiophene rings is 2. The molecule has 0 fully saturated rings. The predicted molar refractivity (Wildman–Crippen MR) is 133 cm³/mol. The maximum absolute atomic E-state index is 13.4. The van der Waals surface area contributed by atoms with Crippen molar-refractivity contribution < 1.29 is 4.79 Å². The number of hydrogen-bond acceptors (Lipinski definition) is 7. The molecule has 1 amide bonds. The van der Waals surface area contributed by atoms with Crippen molar-refractivity contribution in [1.29, 1.82) is 0 Å². The molecule has 0 radical (unpaired) electrons. The van der Waals surface area contributed by atoms with Crippen LogP contribution < -0.4 is 5.56 Å². The molecular weight excluding hydrogens is 454 g/mol. The second-order valence-corrected chi connectivity index (χ2v) is 9.76. The first-order valence-corrected chi connectivity index (χ1v) is 12.6. The van der Waals surface area contributed by atoms with Crippen molar-refractivity contribution >= 4 is 45.2 Å². The van der Waals surface area contributed by atoms with Crippen LogP contribution in [0.15, 0.2) is 69.2 Å². The molecule has 0 saturated carbocycles. The fourth-order valence-corrected chi connectivity index (χ4v) is 5.53. The molecule has 7 nitrogen and oxygen atoms in total. The lowest BCUT2D eigenvalue weighted by molar-refractivity contribution is -0.134. The maximum Gasteiger partial charge on any atom is 0.258 e. The van der Waals surface area contributed by atoms with Crippen molar-refractivity contribution in [3.63, 3.8) is 0 Å². The summed E-state index contributed by atoms with van der Waals surface area (Å²) in [6, 6.07) is 15.3. The zero-order chi connectivity index (χ0) is 22.8. The van der Waals surface area contributed by atoms with E-state index in [1.807, 2.05) is 59.0 Å². The van der Waals surface area contributed by atoms with Crippen molar-refractivity contribution in [3.8, 4) is 0 Å². The minimum Gasteiger partial charge on any atom is -0.309 e. The molecule has 33 heavy (non-hydrogen) atoms.